The summed E-state index contributed by atoms with van der Waals surface area (Å²) >= 11 is 0. The van der Waals surface area contributed by atoms with Crippen molar-refractivity contribution in [1.29, 1.82) is 5.26 Å². The molecule has 3 atom stereocenters. The first kappa shape index (κ1) is 25.9. The van der Waals surface area contributed by atoms with E-state index in [2.05, 4.69) is 26.7 Å². The van der Waals surface area contributed by atoms with E-state index >= 15 is 0 Å². The number of pyridine rings is 1. The fourth-order valence-electron chi connectivity index (χ4n) is 7.00. The molecule has 1 saturated heterocycles. The van der Waals surface area contributed by atoms with Crippen LogP contribution < -0.4 is 10.5 Å². The van der Waals surface area contributed by atoms with Crippen LogP contribution in [0.1, 0.15) is 41.9 Å². The predicted octanol–water partition coefficient (Wildman–Crippen LogP) is 3.90. The standard InChI is InChI=1S/C32H31N9O2/c1-39-29-23(9-20(11-26(29)43-2)32(42)41-16-19-6-8-24(41)28(19)34)38-31(39)25-10-18-5-7-22(21-13-35-27(12-33)36-14-21)37-30(18)40(25)15-17-3-4-17/h5,7,9-11,13-14,17,19,24,28H,3-4,6,8,15-16,34H2,1-2H3/t19-,24-,28-/m1/s1. The van der Waals surface area contributed by atoms with Gasteiger partial charge in [0.1, 0.15) is 23.0 Å². The van der Waals surface area contributed by atoms with Gasteiger partial charge < -0.3 is 24.5 Å². The SMILES string of the molecule is COc1cc(C(=O)N2C[C@H]3CC[C@@H]2[C@@H]3N)cc2nc(-c3cc4ccc(-c5cnc(C#N)nc5)nc4n3CC3CC3)n(C)c12. The zero-order valence-corrected chi connectivity index (χ0v) is 24.1. The number of methoxy groups -OCH3 is 1. The van der Waals surface area contributed by atoms with Gasteiger partial charge in [0.2, 0.25) is 5.82 Å². The molecule has 2 bridgehead atoms. The first-order valence-electron chi connectivity index (χ1n) is 14.8. The van der Waals surface area contributed by atoms with Gasteiger partial charge in [0.25, 0.3) is 5.91 Å². The highest BCUT2D eigenvalue weighted by atomic mass is 16.5. The highest BCUT2D eigenvalue weighted by Crippen LogP contribution is 2.40. The number of ether oxygens (including phenoxy) is 1. The minimum absolute atomic E-state index is 0.0126. The van der Waals surface area contributed by atoms with Gasteiger partial charge in [0.05, 0.1) is 24.0 Å². The largest absolute Gasteiger partial charge is 0.494 e. The molecule has 1 aromatic carbocycles. The van der Waals surface area contributed by atoms with E-state index in [-0.39, 0.29) is 23.8 Å². The van der Waals surface area contributed by atoms with Crippen LogP contribution in [0.3, 0.4) is 0 Å². The van der Waals surface area contributed by atoms with E-state index < -0.39 is 0 Å². The Kier molecular flexibility index (Phi) is 5.78. The van der Waals surface area contributed by atoms with Crippen LogP contribution in [0.4, 0.5) is 0 Å². The molecule has 3 aliphatic rings. The molecule has 4 aromatic heterocycles. The van der Waals surface area contributed by atoms with Crippen LogP contribution >= 0.6 is 0 Å². The average molecular weight is 574 g/mol. The van der Waals surface area contributed by atoms with Gasteiger partial charge in [-0.15, -0.1) is 0 Å². The number of nitrogens with zero attached hydrogens (tertiary/aromatic N) is 8. The molecule has 0 radical (unpaired) electrons. The molecule has 11 nitrogen and oxygen atoms in total. The quantitative estimate of drug-likeness (QED) is 0.323. The number of aromatic nitrogens is 6. The number of carbonyl (C=O) groups excluding carboxylic acids is 1. The van der Waals surface area contributed by atoms with E-state index in [1.807, 2.05) is 40.8 Å². The molecule has 5 heterocycles. The van der Waals surface area contributed by atoms with Crippen LogP contribution in [0.5, 0.6) is 5.75 Å². The van der Waals surface area contributed by atoms with Crippen LogP contribution in [0.25, 0.3) is 44.8 Å². The van der Waals surface area contributed by atoms with Crippen LogP contribution in [-0.2, 0) is 13.6 Å². The van der Waals surface area contributed by atoms with Crippen LogP contribution in [-0.4, -0.2) is 65.6 Å². The fraction of sp³-hybridized carbons (Fsp3) is 0.375. The lowest BCUT2D eigenvalue weighted by molar-refractivity contribution is 0.0700. The van der Waals surface area contributed by atoms with Crippen LogP contribution in [0, 0.1) is 23.2 Å². The Morgan fingerprint density at radius 2 is 1.93 bits per heavy atom. The van der Waals surface area contributed by atoms with Gasteiger partial charge in [-0.05, 0) is 67.9 Å². The van der Waals surface area contributed by atoms with Crippen molar-refractivity contribution in [3.8, 4) is 34.6 Å². The molecule has 1 amide bonds. The second-order valence-electron chi connectivity index (χ2n) is 12.1. The second kappa shape index (κ2) is 9.61. The third-order valence-electron chi connectivity index (χ3n) is 9.47. The molecule has 0 unspecified atom stereocenters. The fourth-order valence-corrected chi connectivity index (χ4v) is 7.00. The number of rotatable bonds is 6. The highest BCUT2D eigenvalue weighted by Gasteiger charge is 2.47. The maximum Gasteiger partial charge on any atom is 0.254 e. The summed E-state index contributed by atoms with van der Waals surface area (Å²) in [6.07, 6.45) is 7.69. The van der Waals surface area contributed by atoms with E-state index in [9.17, 15) is 4.79 Å². The van der Waals surface area contributed by atoms with Crippen molar-refractivity contribution in [3.63, 3.8) is 0 Å². The van der Waals surface area contributed by atoms with E-state index in [1.54, 1.807) is 19.5 Å². The lowest BCUT2D eigenvalue weighted by Crippen LogP contribution is -2.41. The molecule has 216 valence electrons. The summed E-state index contributed by atoms with van der Waals surface area (Å²) in [5.41, 5.74) is 11.8. The van der Waals surface area contributed by atoms with E-state index in [1.165, 1.54) is 12.8 Å². The number of amides is 1. The zero-order chi connectivity index (χ0) is 29.4. The molecule has 1 aliphatic heterocycles. The number of carbonyl (C=O) groups is 1. The third kappa shape index (κ3) is 4.08. The summed E-state index contributed by atoms with van der Waals surface area (Å²) in [5.74, 6) is 2.48. The smallest absolute Gasteiger partial charge is 0.254 e. The first-order valence-corrected chi connectivity index (χ1v) is 14.8. The predicted molar refractivity (Wildman–Crippen MR) is 160 cm³/mol. The maximum absolute atomic E-state index is 13.7. The molecule has 2 saturated carbocycles. The van der Waals surface area contributed by atoms with Crippen molar-refractivity contribution in [2.45, 2.75) is 44.3 Å². The summed E-state index contributed by atoms with van der Waals surface area (Å²) in [7, 11) is 3.62. The number of nitriles is 1. The Bertz CT molecular complexity index is 1970. The molecule has 5 aromatic rings. The number of likely N-dealkylation sites (tertiary alicyclic amines) is 1. The molecule has 43 heavy (non-hydrogen) atoms. The van der Waals surface area contributed by atoms with Crippen molar-refractivity contribution >= 4 is 28.0 Å². The number of hydrogen-bond acceptors (Lipinski definition) is 8. The molecular weight excluding hydrogens is 542 g/mol. The maximum atomic E-state index is 13.7. The third-order valence-corrected chi connectivity index (χ3v) is 9.47. The number of hydrogen-bond donors (Lipinski definition) is 1. The van der Waals surface area contributed by atoms with Crippen molar-refractivity contribution in [3.05, 3.63) is 54.1 Å². The normalized spacial score (nSPS) is 21.2. The van der Waals surface area contributed by atoms with Gasteiger partial charge in [-0.2, -0.15) is 5.26 Å². The summed E-state index contributed by atoms with van der Waals surface area (Å²) in [5, 5.41) is 10.1. The summed E-state index contributed by atoms with van der Waals surface area (Å²) in [4.78, 5) is 34.0. The van der Waals surface area contributed by atoms with E-state index in [4.69, 9.17) is 25.7 Å². The van der Waals surface area contributed by atoms with E-state index in [0.29, 0.717) is 35.2 Å². The van der Waals surface area contributed by atoms with Gasteiger partial charge >= 0.3 is 0 Å². The van der Waals surface area contributed by atoms with Crippen molar-refractivity contribution in [2.75, 3.05) is 13.7 Å². The average Bonchev–Trinajstić information content (AvgIpc) is 3.44. The van der Waals surface area contributed by atoms with Crippen molar-refractivity contribution in [1.82, 2.24) is 34.0 Å². The van der Waals surface area contributed by atoms with Crippen LogP contribution in [0.2, 0.25) is 0 Å². The molecule has 2 aliphatic carbocycles. The molecular formula is C32H31N9O2. The van der Waals surface area contributed by atoms with E-state index in [0.717, 1.165) is 58.7 Å². The minimum Gasteiger partial charge on any atom is -0.494 e. The number of piperidine rings is 1. The second-order valence-corrected chi connectivity index (χ2v) is 12.1. The van der Waals surface area contributed by atoms with Gasteiger partial charge in [-0.3, -0.25) is 4.79 Å². The van der Waals surface area contributed by atoms with Crippen LogP contribution in [0.15, 0.2) is 42.7 Å². The van der Waals surface area contributed by atoms with Gasteiger partial charge in [-0.1, -0.05) is 0 Å². The Hall–Kier alpha value is -4.82. The summed E-state index contributed by atoms with van der Waals surface area (Å²) in [6.45, 7) is 1.55. The van der Waals surface area contributed by atoms with Gasteiger partial charge in [0.15, 0.2) is 5.82 Å². The number of aryl methyl sites for hydroxylation is 1. The zero-order valence-electron chi connectivity index (χ0n) is 24.1. The topological polar surface area (TPSA) is 141 Å². The minimum atomic E-state index is -0.0126. The number of fused-ring (bicyclic) bond motifs is 4. The number of imidazole rings is 1. The number of nitrogens with two attached hydrogens (primary N) is 1. The van der Waals surface area contributed by atoms with Gasteiger partial charge in [-0.25, -0.2) is 19.9 Å². The summed E-state index contributed by atoms with van der Waals surface area (Å²) in [6, 6.07) is 12.0. The lowest BCUT2D eigenvalue weighted by Gasteiger charge is -2.27. The molecule has 11 heteroatoms. The molecule has 2 N–H and O–H groups in total. The van der Waals surface area contributed by atoms with Crippen molar-refractivity contribution < 1.29 is 9.53 Å². The highest BCUT2D eigenvalue weighted by molar-refractivity contribution is 6.00. The lowest BCUT2D eigenvalue weighted by atomic mass is 10.1. The molecule has 3 fully saturated rings. The molecule has 8 rings (SSSR count). The first-order chi connectivity index (χ1) is 20.9. The Balaban J connectivity index is 1.23. The summed E-state index contributed by atoms with van der Waals surface area (Å²) < 4.78 is 10.1. The monoisotopic (exact) mass is 573 g/mol. The Morgan fingerprint density at radius 3 is 2.60 bits per heavy atom. The Morgan fingerprint density at radius 1 is 1.12 bits per heavy atom. The van der Waals surface area contributed by atoms with Crippen molar-refractivity contribution in [2.24, 2.45) is 24.6 Å². The Labute approximate surface area is 247 Å². The number of benzene rings is 1. The molecule has 0 spiro atoms. The van der Waals surface area contributed by atoms with Gasteiger partial charge in [0, 0.05) is 61.1 Å².